The van der Waals surface area contributed by atoms with Crippen LogP contribution < -0.4 is 15.6 Å². The number of hydrogen-bond donors (Lipinski definition) is 1. The van der Waals surface area contributed by atoms with Gasteiger partial charge in [-0.2, -0.15) is 0 Å². The van der Waals surface area contributed by atoms with Gasteiger partial charge >= 0.3 is 0 Å². The third-order valence-corrected chi connectivity index (χ3v) is 4.50. The quantitative estimate of drug-likeness (QED) is 0.680. The molecule has 0 aliphatic carbocycles. The molecule has 0 bridgehead atoms. The van der Waals surface area contributed by atoms with Gasteiger partial charge in [0.1, 0.15) is 11.6 Å². The molecule has 1 heterocycles. The lowest BCUT2D eigenvalue weighted by atomic mass is 10.1. The second kappa shape index (κ2) is 8.67. The van der Waals surface area contributed by atoms with Gasteiger partial charge in [0.2, 0.25) is 0 Å². The van der Waals surface area contributed by atoms with Crippen LogP contribution in [0.2, 0.25) is 0 Å². The predicted molar refractivity (Wildman–Crippen MR) is 107 cm³/mol. The molecule has 3 aromatic rings. The maximum absolute atomic E-state index is 13.0. The van der Waals surface area contributed by atoms with E-state index in [1.807, 2.05) is 6.07 Å². The fourth-order valence-corrected chi connectivity index (χ4v) is 3.09. The number of benzene rings is 2. The molecule has 1 N–H and O–H groups in total. The van der Waals surface area contributed by atoms with E-state index in [4.69, 9.17) is 9.47 Å². The van der Waals surface area contributed by atoms with Gasteiger partial charge in [-0.3, -0.25) is 14.2 Å². The maximum Gasteiger partial charge on any atom is 0.261 e. The summed E-state index contributed by atoms with van der Waals surface area (Å²) in [7, 11) is 3.09. The zero-order valence-corrected chi connectivity index (χ0v) is 16.1. The minimum absolute atomic E-state index is 0.156. The number of aromatic nitrogens is 2. The molecule has 28 heavy (non-hydrogen) atoms. The van der Waals surface area contributed by atoms with Crippen LogP contribution in [0.25, 0.3) is 10.9 Å². The summed E-state index contributed by atoms with van der Waals surface area (Å²) in [5.41, 5.74) is 0.856. The van der Waals surface area contributed by atoms with Crippen LogP contribution in [0.4, 0.5) is 0 Å². The highest BCUT2D eigenvalue weighted by molar-refractivity contribution is 5.97. The second-order valence-electron chi connectivity index (χ2n) is 6.33. The lowest BCUT2D eigenvalue weighted by Gasteiger charge is -2.20. The zero-order valence-electron chi connectivity index (χ0n) is 16.1. The van der Waals surface area contributed by atoms with Crippen molar-refractivity contribution in [2.24, 2.45) is 0 Å². The first kappa shape index (κ1) is 19.6. The van der Waals surface area contributed by atoms with E-state index in [1.54, 1.807) is 61.1 Å². The minimum atomic E-state index is -0.494. The number of nitrogens with one attached hydrogen (secondary N) is 1. The van der Waals surface area contributed by atoms with Gasteiger partial charge in [0, 0.05) is 7.11 Å². The van der Waals surface area contributed by atoms with Gasteiger partial charge < -0.3 is 14.8 Å². The SMILES string of the molecule is COCCn1c([C@H](C)NC(=O)c2ccccc2OC)nc2ccccc2c1=O. The number of fused-ring (bicyclic) bond motifs is 1. The van der Waals surface area contributed by atoms with E-state index in [9.17, 15) is 9.59 Å². The molecular weight excluding hydrogens is 358 g/mol. The summed E-state index contributed by atoms with van der Waals surface area (Å²) in [5, 5.41) is 3.45. The Labute approximate surface area is 162 Å². The average molecular weight is 381 g/mol. The predicted octanol–water partition coefficient (Wildman–Crippen LogP) is 2.54. The normalized spacial score (nSPS) is 12.0. The van der Waals surface area contributed by atoms with Crippen LogP contribution >= 0.6 is 0 Å². The molecule has 7 heteroatoms. The Hall–Kier alpha value is -3.19. The number of hydrogen-bond acceptors (Lipinski definition) is 5. The molecule has 0 spiro atoms. The summed E-state index contributed by atoms with van der Waals surface area (Å²) in [6.45, 7) is 2.50. The highest BCUT2D eigenvalue weighted by atomic mass is 16.5. The third kappa shape index (κ3) is 3.89. The van der Waals surface area contributed by atoms with Crippen LogP contribution in [-0.4, -0.2) is 36.3 Å². The fraction of sp³-hybridized carbons (Fsp3) is 0.286. The van der Waals surface area contributed by atoms with Crippen molar-refractivity contribution < 1.29 is 14.3 Å². The number of methoxy groups -OCH3 is 2. The highest BCUT2D eigenvalue weighted by Crippen LogP contribution is 2.19. The van der Waals surface area contributed by atoms with Crippen molar-refractivity contribution in [1.29, 1.82) is 0 Å². The van der Waals surface area contributed by atoms with Crippen molar-refractivity contribution in [3.8, 4) is 5.75 Å². The van der Waals surface area contributed by atoms with Crippen LogP contribution in [0.5, 0.6) is 5.75 Å². The Morgan fingerprint density at radius 1 is 1.14 bits per heavy atom. The molecule has 1 atom stereocenters. The molecule has 1 aromatic heterocycles. The Morgan fingerprint density at radius 3 is 2.61 bits per heavy atom. The van der Waals surface area contributed by atoms with Crippen molar-refractivity contribution in [2.45, 2.75) is 19.5 Å². The van der Waals surface area contributed by atoms with Crippen molar-refractivity contribution in [2.75, 3.05) is 20.8 Å². The van der Waals surface area contributed by atoms with Crippen molar-refractivity contribution in [1.82, 2.24) is 14.9 Å². The van der Waals surface area contributed by atoms with Crippen molar-refractivity contribution in [3.63, 3.8) is 0 Å². The van der Waals surface area contributed by atoms with Gasteiger partial charge in [-0.25, -0.2) is 4.98 Å². The molecule has 0 saturated heterocycles. The molecule has 0 radical (unpaired) electrons. The molecule has 0 aliphatic heterocycles. The summed E-state index contributed by atoms with van der Waals surface area (Å²) < 4.78 is 12.0. The standard InChI is InChI=1S/C21H23N3O4/c1-14(22-20(25)16-9-5-7-11-18(16)28-3)19-23-17-10-6-4-8-15(17)21(26)24(19)12-13-27-2/h4-11,14H,12-13H2,1-3H3,(H,22,25)/t14-/m0/s1. The average Bonchev–Trinajstić information content (AvgIpc) is 2.72. The zero-order chi connectivity index (χ0) is 20.1. The summed E-state index contributed by atoms with van der Waals surface area (Å²) in [6, 6.07) is 13.7. The van der Waals surface area contributed by atoms with E-state index in [0.29, 0.717) is 41.2 Å². The van der Waals surface area contributed by atoms with Crippen LogP contribution in [0.15, 0.2) is 53.3 Å². The molecule has 0 fully saturated rings. The number of amides is 1. The highest BCUT2D eigenvalue weighted by Gasteiger charge is 2.20. The van der Waals surface area contributed by atoms with Gasteiger partial charge in [-0.1, -0.05) is 24.3 Å². The Kier molecular flexibility index (Phi) is 6.06. The van der Waals surface area contributed by atoms with E-state index in [1.165, 1.54) is 7.11 Å². The number of carbonyl (C=O) groups is 1. The first-order chi connectivity index (χ1) is 13.6. The van der Waals surface area contributed by atoms with Crippen molar-refractivity contribution >= 4 is 16.8 Å². The minimum Gasteiger partial charge on any atom is -0.496 e. The van der Waals surface area contributed by atoms with Gasteiger partial charge in [0.15, 0.2) is 0 Å². The number of rotatable bonds is 7. The molecule has 0 unspecified atom stereocenters. The summed E-state index contributed by atoms with van der Waals surface area (Å²) in [6.07, 6.45) is 0. The molecular formula is C21H23N3O4. The topological polar surface area (TPSA) is 82.4 Å². The van der Waals surface area contributed by atoms with Gasteiger partial charge in [-0.15, -0.1) is 0 Å². The van der Waals surface area contributed by atoms with Crippen LogP contribution in [0, 0.1) is 0 Å². The molecule has 2 aromatic carbocycles. The first-order valence-electron chi connectivity index (χ1n) is 8.99. The van der Waals surface area contributed by atoms with Crippen LogP contribution in [-0.2, 0) is 11.3 Å². The lowest BCUT2D eigenvalue weighted by molar-refractivity contribution is 0.0934. The Morgan fingerprint density at radius 2 is 1.86 bits per heavy atom. The van der Waals surface area contributed by atoms with Crippen LogP contribution in [0.3, 0.4) is 0 Å². The molecule has 0 saturated carbocycles. The number of para-hydroxylation sites is 2. The number of carbonyl (C=O) groups excluding carboxylic acids is 1. The molecule has 3 rings (SSSR count). The molecule has 146 valence electrons. The van der Waals surface area contributed by atoms with E-state index < -0.39 is 6.04 Å². The first-order valence-corrected chi connectivity index (χ1v) is 8.99. The molecule has 7 nitrogen and oxygen atoms in total. The largest absolute Gasteiger partial charge is 0.496 e. The van der Waals surface area contributed by atoms with Gasteiger partial charge in [-0.05, 0) is 31.2 Å². The summed E-state index contributed by atoms with van der Waals surface area (Å²) >= 11 is 0. The van der Waals surface area contributed by atoms with Gasteiger partial charge in [0.05, 0.1) is 42.8 Å². The summed E-state index contributed by atoms with van der Waals surface area (Å²) in [5.74, 6) is 0.657. The smallest absolute Gasteiger partial charge is 0.261 e. The number of nitrogens with zero attached hydrogens (tertiary/aromatic N) is 2. The fourth-order valence-electron chi connectivity index (χ4n) is 3.09. The van der Waals surface area contributed by atoms with E-state index >= 15 is 0 Å². The van der Waals surface area contributed by atoms with E-state index in [-0.39, 0.29) is 11.5 Å². The molecule has 0 aliphatic rings. The monoisotopic (exact) mass is 381 g/mol. The van der Waals surface area contributed by atoms with Gasteiger partial charge in [0.25, 0.3) is 11.5 Å². The van der Waals surface area contributed by atoms with Crippen LogP contribution in [0.1, 0.15) is 29.1 Å². The number of ether oxygens (including phenoxy) is 2. The van der Waals surface area contributed by atoms with E-state index in [0.717, 1.165) is 0 Å². The Balaban J connectivity index is 1.99. The van der Waals surface area contributed by atoms with Crippen molar-refractivity contribution in [3.05, 3.63) is 70.3 Å². The van der Waals surface area contributed by atoms with E-state index in [2.05, 4.69) is 10.3 Å². The lowest BCUT2D eigenvalue weighted by Crippen LogP contribution is -2.34. The maximum atomic E-state index is 13.0. The third-order valence-electron chi connectivity index (χ3n) is 4.50. The molecule has 1 amide bonds. The second-order valence-corrected chi connectivity index (χ2v) is 6.33. The Bertz CT molecular complexity index is 1050. The summed E-state index contributed by atoms with van der Waals surface area (Å²) in [4.78, 5) is 30.3.